The summed E-state index contributed by atoms with van der Waals surface area (Å²) in [6.45, 7) is 4.93. The molecule has 0 rings (SSSR count). The molecule has 0 heterocycles. The number of rotatable bonds is 9. The molecule has 0 aliphatic heterocycles. The maximum Gasteiger partial charge on any atom is 0.147 e. The monoisotopic (exact) mass is 251 g/mol. The van der Waals surface area contributed by atoms with E-state index in [1.807, 2.05) is 13.8 Å². The molecule has 0 aliphatic carbocycles. The Labute approximate surface area is 99.7 Å². The van der Waals surface area contributed by atoms with Gasteiger partial charge in [-0.1, -0.05) is 6.92 Å². The SMILES string of the molecule is CCNC(CCC(C)OC)CCS(C)(=O)=O. The Kier molecular flexibility index (Phi) is 7.97. The lowest BCUT2D eigenvalue weighted by molar-refractivity contribution is 0.106. The van der Waals surface area contributed by atoms with E-state index in [9.17, 15) is 8.42 Å². The molecule has 5 heteroatoms. The molecule has 0 radical (unpaired) electrons. The predicted octanol–water partition coefficient (Wildman–Crippen LogP) is 1.21. The van der Waals surface area contributed by atoms with Crippen LogP contribution in [0.15, 0.2) is 0 Å². The molecule has 0 aromatic carbocycles. The van der Waals surface area contributed by atoms with E-state index >= 15 is 0 Å². The van der Waals surface area contributed by atoms with Gasteiger partial charge in [0.25, 0.3) is 0 Å². The third kappa shape index (κ3) is 9.12. The van der Waals surface area contributed by atoms with Crippen LogP contribution in [0.2, 0.25) is 0 Å². The molecular weight excluding hydrogens is 226 g/mol. The van der Waals surface area contributed by atoms with Gasteiger partial charge in [-0.3, -0.25) is 0 Å². The summed E-state index contributed by atoms with van der Waals surface area (Å²) in [6, 6.07) is 0.275. The van der Waals surface area contributed by atoms with Crippen molar-refractivity contribution in [1.82, 2.24) is 5.32 Å². The van der Waals surface area contributed by atoms with E-state index in [0.717, 1.165) is 19.4 Å². The van der Waals surface area contributed by atoms with Gasteiger partial charge < -0.3 is 10.1 Å². The average Bonchev–Trinajstić information content (AvgIpc) is 2.20. The molecule has 0 aromatic rings. The topological polar surface area (TPSA) is 55.4 Å². The van der Waals surface area contributed by atoms with Crippen LogP contribution in [0.25, 0.3) is 0 Å². The molecule has 0 spiro atoms. The first kappa shape index (κ1) is 15.9. The third-order valence-electron chi connectivity index (χ3n) is 2.65. The molecule has 2 unspecified atom stereocenters. The van der Waals surface area contributed by atoms with Crippen LogP contribution in [0.5, 0.6) is 0 Å². The van der Waals surface area contributed by atoms with E-state index in [1.54, 1.807) is 7.11 Å². The van der Waals surface area contributed by atoms with Crippen LogP contribution in [0, 0.1) is 0 Å². The molecule has 1 N–H and O–H groups in total. The molecule has 98 valence electrons. The summed E-state index contributed by atoms with van der Waals surface area (Å²) in [6.07, 6.45) is 4.12. The summed E-state index contributed by atoms with van der Waals surface area (Å²) < 4.78 is 27.3. The fraction of sp³-hybridized carbons (Fsp3) is 1.00. The standard InChI is InChI=1S/C11H25NO3S/c1-5-12-11(7-6-10(2)15-3)8-9-16(4,13)14/h10-12H,5-9H2,1-4H3. The molecule has 0 saturated carbocycles. The van der Waals surface area contributed by atoms with Gasteiger partial charge in [0.15, 0.2) is 0 Å². The van der Waals surface area contributed by atoms with Gasteiger partial charge in [-0.15, -0.1) is 0 Å². The molecule has 0 aromatic heterocycles. The minimum atomic E-state index is -2.85. The van der Waals surface area contributed by atoms with Crippen LogP contribution in [-0.2, 0) is 14.6 Å². The first-order valence-electron chi connectivity index (χ1n) is 5.83. The number of ether oxygens (including phenoxy) is 1. The number of hydrogen-bond acceptors (Lipinski definition) is 4. The zero-order valence-electron chi connectivity index (χ0n) is 10.8. The summed E-state index contributed by atoms with van der Waals surface area (Å²) in [4.78, 5) is 0. The van der Waals surface area contributed by atoms with Gasteiger partial charge in [-0.25, -0.2) is 8.42 Å². The average molecular weight is 251 g/mol. The van der Waals surface area contributed by atoms with Crippen molar-refractivity contribution >= 4 is 9.84 Å². The van der Waals surface area contributed by atoms with Crippen LogP contribution < -0.4 is 5.32 Å². The largest absolute Gasteiger partial charge is 0.382 e. The summed E-state index contributed by atoms with van der Waals surface area (Å²) >= 11 is 0. The normalized spacial score (nSPS) is 16.0. The van der Waals surface area contributed by atoms with Gasteiger partial charge in [-0.2, -0.15) is 0 Å². The lowest BCUT2D eigenvalue weighted by atomic mass is 10.1. The van der Waals surface area contributed by atoms with Crippen molar-refractivity contribution in [3.63, 3.8) is 0 Å². The molecule has 2 atom stereocenters. The zero-order valence-corrected chi connectivity index (χ0v) is 11.6. The van der Waals surface area contributed by atoms with Crippen molar-refractivity contribution in [2.75, 3.05) is 25.7 Å². The highest BCUT2D eigenvalue weighted by Crippen LogP contribution is 2.08. The lowest BCUT2D eigenvalue weighted by Gasteiger charge is -2.19. The fourth-order valence-corrected chi connectivity index (χ4v) is 2.26. The van der Waals surface area contributed by atoms with Crippen molar-refractivity contribution < 1.29 is 13.2 Å². The Morgan fingerprint density at radius 2 is 1.88 bits per heavy atom. The summed E-state index contributed by atoms with van der Waals surface area (Å²) in [5.74, 6) is 0.256. The van der Waals surface area contributed by atoms with Gasteiger partial charge in [0.1, 0.15) is 9.84 Å². The minimum Gasteiger partial charge on any atom is -0.382 e. The fourth-order valence-electron chi connectivity index (χ4n) is 1.55. The molecule has 0 saturated heterocycles. The van der Waals surface area contributed by atoms with Crippen LogP contribution in [0.4, 0.5) is 0 Å². The molecule has 0 fully saturated rings. The van der Waals surface area contributed by atoms with Crippen LogP contribution in [0.1, 0.15) is 33.1 Å². The number of hydrogen-bond donors (Lipinski definition) is 1. The van der Waals surface area contributed by atoms with E-state index in [4.69, 9.17) is 4.74 Å². The van der Waals surface area contributed by atoms with Gasteiger partial charge in [0.2, 0.25) is 0 Å². The highest BCUT2D eigenvalue weighted by Gasteiger charge is 2.12. The van der Waals surface area contributed by atoms with Crippen LogP contribution >= 0.6 is 0 Å². The quantitative estimate of drug-likeness (QED) is 0.669. The van der Waals surface area contributed by atoms with E-state index in [-0.39, 0.29) is 17.9 Å². The second kappa shape index (κ2) is 8.03. The van der Waals surface area contributed by atoms with Gasteiger partial charge in [0, 0.05) is 19.4 Å². The Bertz CT molecular complexity index is 264. The predicted molar refractivity (Wildman–Crippen MR) is 67.5 cm³/mol. The van der Waals surface area contributed by atoms with E-state index < -0.39 is 9.84 Å². The first-order valence-corrected chi connectivity index (χ1v) is 7.89. The molecular formula is C11H25NO3S. The first-order chi connectivity index (χ1) is 7.39. The summed E-state index contributed by atoms with van der Waals surface area (Å²) in [5.41, 5.74) is 0. The lowest BCUT2D eigenvalue weighted by Crippen LogP contribution is -2.31. The maximum absolute atomic E-state index is 11.1. The highest BCUT2D eigenvalue weighted by molar-refractivity contribution is 7.90. The summed E-state index contributed by atoms with van der Waals surface area (Å²) in [7, 11) is -1.16. The van der Waals surface area contributed by atoms with E-state index in [2.05, 4.69) is 5.32 Å². The maximum atomic E-state index is 11.1. The smallest absolute Gasteiger partial charge is 0.147 e. The molecule has 0 aliphatic rings. The molecule has 16 heavy (non-hydrogen) atoms. The Hall–Kier alpha value is -0.130. The zero-order chi connectivity index (χ0) is 12.6. The Morgan fingerprint density at radius 1 is 1.25 bits per heavy atom. The Morgan fingerprint density at radius 3 is 2.31 bits per heavy atom. The van der Waals surface area contributed by atoms with Crippen molar-refractivity contribution in [2.24, 2.45) is 0 Å². The van der Waals surface area contributed by atoms with E-state index in [1.165, 1.54) is 6.26 Å². The third-order valence-corrected chi connectivity index (χ3v) is 3.63. The van der Waals surface area contributed by atoms with Gasteiger partial charge in [-0.05, 0) is 32.7 Å². The second-order valence-corrected chi connectivity index (χ2v) is 6.56. The number of sulfone groups is 1. The summed E-state index contributed by atoms with van der Waals surface area (Å²) in [5, 5.41) is 3.31. The minimum absolute atomic E-state index is 0.236. The highest BCUT2D eigenvalue weighted by atomic mass is 32.2. The van der Waals surface area contributed by atoms with Crippen molar-refractivity contribution in [1.29, 1.82) is 0 Å². The number of nitrogens with one attached hydrogen (secondary N) is 1. The van der Waals surface area contributed by atoms with Crippen molar-refractivity contribution in [3.05, 3.63) is 0 Å². The number of methoxy groups -OCH3 is 1. The Balaban J connectivity index is 3.97. The second-order valence-electron chi connectivity index (χ2n) is 4.30. The van der Waals surface area contributed by atoms with Crippen LogP contribution in [0.3, 0.4) is 0 Å². The molecule has 0 amide bonds. The van der Waals surface area contributed by atoms with E-state index in [0.29, 0.717) is 6.42 Å². The van der Waals surface area contributed by atoms with Gasteiger partial charge >= 0.3 is 0 Å². The van der Waals surface area contributed by atoms with Crippen molar-refractivity contribution in [2.45, 2.75) is 45.3 Å². The molecule has 0 bridgehead atoms. The van der Waals surface area contributed by atoms with Crippen LogP contribution in [-0.4, -0.2) is 46.2 Å². The molecule has 4 nitrogen and oxygen atoms in total. The van der Waals surface area contributed by atoms with Crippen molar-refractivity contribution in [3.8, 4) is 0 Å². The van der Waals surface area contributed by atoms with Gasteiger partial charge in [0.05, 0.1) is 11.9 Å².